The van der Waals surface area contributed by atoms with Crippen LogP contribution in [0.1, 0.15) is 24.4 Å². The summed E-state index contributed by atoms with van der Waals surface area (Å²) in [4.78, 5) is 16.1. The summed E-state index contributed by atoms with van der Waals surface area (Å²) in [6.45, 7) is 3.58. The maximum Gasteiger partial charge on any atom is 0.247 e. The van der Waals surface area contributed by atoms with Crippen molar-refractivity contribution >= 4 is 17.3 Å². The van der Waals surface area contributed by atoms with E-state index >= 15 is 0 Å². The van der Waals surface area contributed by atoms with Gasteiger partial charge in [-0.25, -0.2) is 4.98 Å². The zero-order valence-electron chi connectivity index (χ0n) is 11.3. The molecular formula is C14H15N5O. The Morgan fingerprint density at radius 3 is 2.95 bits per heavy atom. The van der Waals surface area contributed by atoms with Crippen LogP contribution < -0.4 is 11.1 Å². The lowest BCUT2D eigenvalue weighted by atomic mass is 10.1. The van der Waals surface area contributed by atoms with Crippen LogP contribution in [-0.2, 0) is 4.79 Å². The Morgan fingerprint density at radius 1 is 1.55 bits per heavy atom. The third kappa shape index (κ3) is 2.62. The number of anilines is 2. The van der Waals surface area contributed by atoms with Crippen molar-refractivity contribution in [3.8, 4) is 6.07 Å². The van der Waals surface area contributed by atoms with E-state index in [2.05, 4.69) is 10.3 Å². The van der Waals surface area contributed by atoms with E-state index in [4.69, 9.17) is 11.0 Å². The van der Waals surface area contributed by atoms with Gasteiger partial charge in [0.2, 0.25) is 11.7 Å². The lowest BCUT2D eigenvalue weighted by molar-refractivity contribution is -0.118. The van der Waals surface area contributed by atoms with E-state index in [1.807, 2.05) is 13.0 Å². The molecule has 1 unspecified atom stereocenters. The average molecular weight is 269 g/mol. The summed E-state index contributed by atoms with van der Waals surface area (Å²) in [5.74, 6) is -0.00551. The molecule has 0 aliphatic carbocycles. The molecule has 20 heavy (non-hydrogen) atoms. The molecule has 0 saturated carbocycles. The zero-order chi connectivity index (χ0) is 14.7. The van der Waals surface area contributed by atoms with Gasteiger partial charge in [-0.3, -0.25) is 4.79 Å². The molecule has 0 saturated heterocycles. The molecule has 1 heterocycles. The van der Waals surface area contributed by atoms with Gasteiger partial charge in [-0.15, -0.1) is 0 Å². The minimum Gasteiger partial charge on any atom is -0.399 e. The maximum atomic E-state index is 12.2. The fraction of sp³-hybridized carbons (Fsp3) is 0.214. The fourth-order valence-electron chi connectivity index (χ4n) is 1.90. The molecule has 0 radical (unpaired) electrons. The number of nitrogens with one attached hydrogen (secondary N) is 1. The predicted molar refractivity (Wildman–Crippen MR) is 75.9 cm³/mol. The number of amides is 1. The first kappa shape index (κ1) is 13.6. The minimum absolute atomic E-state index is 0.210. The number of nitrogens with two attached hydrogens (primary N) is 1. The number of carbonyl (C=O) groups excluding carboxylic acids is 1. The Morgan fingerprint density at radius 2 is 2.30 bits per heavy atom. The minimum atomic E-state index is -0.524. The van der Waals surface area contributed by atoms with Gasteiger partial charge >= 0.3 is 0 Å². The van der Waals surface area contributed by atoms with Gasteiger partial charge in [0.05, 0.1) is 0 Å². The Kier molecular flexibility index (Phi) is 3.71. The first-order chi connectivity index (χ1) is 9.52. The van der Waals surface area contributed by atoms with Gasteiger partial charge in [-0.2, -0.15) is 5.26 Å². The highest BCUT2D eigenvalue weighted by Gasteiger charge is 2.18. The Bertz CT molecular complexity index is 683. The van der Waals surface area contributed by atoms with Crippen LogP contribution in [0.15, 0.2) is 30.6 Å². The summed E-state index contributed by atoms with van der Waals surface area (Å²) in [6, 6.07) is 6.70. The van der Waals surface area contributed by atoms with Crippen LogP contribution in [0.5, 0.6) is 0 Å². The summed E-state index contributed by atoms with van der Waals surface area (Å²) >= 11 is 0. The third-order valence-corrected chi connectivity index (χ3v) is 3.07. The van der Waals surface area contributed by atoms with Crippen molar-refractivity contribution in [3.63, 3.8) is 0 Å². The number of nitrogen functional groups attached to an aromatic ring is 1. The molecule has 0 spiro atoms. The summed E-state index contributed by atoms with van der Waals surface area (Å²) < 4.78 is 1.53. The molecule has 6 nitrogen and oxygen atoms in total. The number of hydrogen-bond acceptors (Lipinski definition) is 4. The van der Waals surface area contributed by atoms with E-state index in [1.54, 1.807) is 31.3 Å². The van der Waals surface area contributed by atoms with Gasteiger partial charge in [-0.05, 0) is 37.6 Å². The molecule has 0 aliphatic heterocycles. The molecule has 0 fully saturated rings. The van der Waals surface area contributed by atoms with E-state index in [-0.39, 0.29) is 11.7 Å². The number of aromatic nitrogens is 2. The van der Waals surface area contributed by atoms with Crippen molar-refractivity contribution in [1.29, 1.82) is 5.26 Å². The quantitative estimate of drug-likeness (QED) is 0.831. The lowest BCUT2D eigenvalue weighted by Crippen LogP contribution is -2.24. The average Bonchev–Trinajstić information content (AvgIpc) is 2.89. The van der Waals surface area contributed by atoms with E-state index in [9.17, 15) is 4.79 Å². The van der Waals surface area contributed by atoms with E-state index in [0.717, 1.165) is 5.56 Å². The number of hydrogen-bond donors (Lipinski definition) is 2. The molecule has 2 aromatic rings. The molecular weight excluding hydrogens is 254 g/mol. The molecule has 1 aromatic heterocycles. The van der Waals surface area contributed by atoms with Crippen LogP contribution in [0.4, 0.5) is 11.4 Å². The Labute approximate surface area is 116 Å². The van der Waals surface area contributed by atoms with Crippen LogP contribution in [0, 0.1) is 18.3 Å². The highest BCUT2D eigenvalue weighted by molar-refractivity contribution is 5.94. The monoisotopic (exact) mass is 269 g/mol. The highest BCUT2D eigenvalue weighted by atomic mass is 16.2. The summed E-state index contributed by atoms with van der Waals surface area (Å²) in [5, 5.41) is 11.7. The highest BCUT2D eigenvalue weighted by Crippen LogP contribution is 2.19. The molecule has 1 aromatic carbocycles. The molecule has 6 heteroatoms. The molecule has 2 rings (SSSR count). The van der Waals surface area contributed by atoms with Gasteiger partial charge < -0.3 is 15.6 Å². The van der Waals surface area contributed by atoms with Crippen LogP contribution >= 0.6 is 0 Å². The first-order valence-electron chi connectivity index (χ1n) is 6.13. The second-order valence-electron chi connectivity index (χ2n) is 4.51. The zero-order valence-corrected chi connectivity index (χ0v) is 11.3. The van der Waals surface area contributed by atoms with Crippen molar-refractivity contribution in [2.45, 2.75) is 19.9 Å². The molecule has 1 amide bonds. The first-order valence-corrected chi connectivity index (χ1v) is 6.13. The number of nitriles is 1. The van der Waals surface area contributed by atoms with Gasteiger partial charge in [0, 0.05) is 23.8 Å². The topological polar surface area (TPSA) is 96.7 Å². The van der Waals surface area contributed by atoms with Crippen molar-refractivity contribution in [3.05, 3.63) is 42.0 Å². The standard InChI is InChI=1S/C14H15N5O/c1-9-7-11(16)3-4-12(9)18-14(20)10(2)19-6-5-17-13(19)8-15/h3-7,10H,16H2,1-2H3,(H,18,20). The van der Waals surface area contributed by atoms with Crippen molar-refractivity contribution < 1.29 is 4.79 Å². The Balaban J connectivity index is 2.18. The number of nitrogens with zero attached hydrogens (tertiary/aromatic N) is 3. The lowest BCUT2D eigenvalue weighted by Gasteiger charge is -2.15. The van der Waals surface area contributed by atoms with E-state index in [0.29, 0.717) is 11.4 Å². The van der Waals surface area contributed by atoms with E-state index in [1.165, 1.54) is 10.8 Å². The number of aryl methyl sites for hydroxylation is 1. The molecule has 1 atom stereocenters. The van der Waals surface area contributed by atoms with Crippen LogP contribution in [0.25, 0.3) is 0 Å². The second-order valence-corrected chi connectivity index (χ2v) is 4.51. The SMILES string of the molecule is Cc1cc(N)ccc1NC(=O)C(C)n1ccnc1C#N. The van der Waals surface area contributed by atoms with Crippen LogP contribution in [0.2, 0.25) is 0 Å². The summed E-state index contributed by atoms with van der Waals surface area (Å²) in [7, 11) is 0. The van der Waals surface area contributed by atoms with Gasteiger partial charge in [0.1, 0.15) is 12.1 Å². The normalized spacial score (nSPS) is 11.7. The number of imidazole rings is 1. The third-order valence-electron chi connectivity index (χ3n) is 3.07. The van der Waals surface area contributed by atoms with Gasteiger partial charge in [-0.1, -0.05) is 0 Å². The van der Waals surface area contributed by atoms with Gasteiger partial charge in [0.15, 0.2) is 0 Å². The van der Waals surface area contributed by atoms with Gasteiger partial charge in [0.25, 0.3) is 0 Å². The predicted octanol–water partition coefficient (Wildman–Crippen LogP) is 1.85. The second kappa shape index (κ2) is 5.45. The summed E-state index contributed by atoms with van der Waals surface area (Å²) in [5.41, 5.74) is 7.91. The number of rotatable bonds is 3. The molecule has 102 valence electrons. The smallest absolute Gasteiger partial charge is 0.247 e. The number of benzene rings is 1. The van der Waals surface area contributed by atoms with Crippen molar-refractivity contribution in [2.75, 3.05) is 11.1 Å². The molecule has 0 aliphatic rings. The Hall–Kier alpha value is -2.81. The van der Waals surface area contributed by atoms with Crippen LogP contribution in [-0.4, -0.2) is 15.5 Å². The van der Waals surface area contributed by atoms with Crippen LogP contribution in [0.3, 0.4) is 0 Å². The fourth-order valence-corrected chi connectivity index (χ4v) is 1.90. The molecule has 0 bridgehead atoms. The molecule has 3 N–H and O–H groups in total. The largest absolute Gasteiger partial charge is 0.399 e. The van der Waals surface area contributed by atoms with Crippen molar-refractivity contribution in [2.24, 2.45) is 0 Å². The number of carbonyl (C=O) groups is 1. The summed E-state index contributed by atoms with van der Waals surface area (Å²) in [6.07, 6.45) is 3.11. The van der Waals surface area contributed by atoms with E-state index < -0.39 is 6.04 Å². The van der Waals surface area contributed by atoms with Crippen molar-refractivity contribution in [1.82, 2.24) is 9.55 Å². The maximum absolute atomic E-state index is 12.2.